The van der Waals surface area contributed by atoms with Crippen LogP contribution in [-0.4, -0.2) is 25.2 Å². The van der Waals surface area contributed by atoms with Gasteiger partial charge in [-0.1, -0.05) is 12.1 Å². The summed E-state index contributed by atoms with van der Waals surface area (Å²) in [5.41, 5.74) is 0.748. The molecule has 0 bridgehead atoms. The Bertz CT molecular complexity index is 361. The maximum absolute atomic E-state index is 10.8. The molecule has 0 amide bonds. The van der Waals surface area contributed by atoms with E-state index in [1.165, 1.54) is 7.11 Å². The van der Waals surface area contributed by atoms with Crippen LogP contribution in [0.5, 0.6) is 5.88 Å². The maximum Gasteiger partial charge on any atom is 0.309 e. The predicted molar refractivity (Wildman–Crippen MR) is 56.5 cm³/mol. The van der Waals surface area contributed by atoms with Crippen LogP contribution < -0.4 is 4.74 Å². The van der Waals surface area contributed by atoms with Crippen molar-refractivity contribution in [2.45, 2.75) is 6.42 Å². The fourth-order valence-corrected chi connectivity index (χ4v) is 0.997. The summed E-state index contributed by atoms with van der Waals surface area (Å²) in [6.07, 6.45) is 3.70. The number of carbonyl (C=O) groups excluding carboxylic acids is 1. The summed E-state index contributed by atoms with van der Waals surface area (Å²) in [6, 6.07) is 5.43. The van der Waals surface area contributed by atoms with E-state index >= 15 is 0 Å². The number of hydrogen-bond donors (Lipinski definition) is 0. The van der Waals surface area contributed by atoms with Crippen LogP contribution in [0.4, 0.5) is 0 Å². The lowest BCUT2D eigenvalue weighted by molar-refractivity contribution is -0.139. The predicted octanol–water partition coefficient (Wildman–Crippen LogP) is 1.67. The molecule has 0 aromatic carbocycles. The summed E-state index contributed by atoms with van der Waals surface area (Å²) in [5.74, 6) is 0.282. The first-order valence-corrected chi connectivity index (χ1v) is 4.50. The van der Waals surface area contributed by atoms with E-state index in [4.69, 9.17) is 4.74 Å². The van der Waals surface area contributed by atoms with Crippen LogP contribution in [0.1, 0.15) is 12.1 Å². The minimum absolute atomic E-state index is 0.245. The van der Waals surface area contributed by atoms with Crippen molar-refractivity contribution in [2.75, 3.05) is 14.2 Å². The van der Waals surface area contributed by atoms with E-state index in [9.17, 15) is 4.79 Å². The van der Waals surface area contributed by atoms with Crippen molar-refractivity contribution in [3.63, 3.8) is 0 Å². The molecule has 0 saturated heterocycles. The lowest BCUT2D eigenvalue weighted by atomic mass is 10.3. The van der Waals surface area contributed by atoms with E-state index in [1.807, 2.05) is 12.1 Å². The average molecular weight is 207 g/mol. The summed E-state index contributed by atoms with van der Waals surface area (Å²) in [5, 5.41) is 0. The molecule has 0 aliphatic heterocycles. The van der Waals surface area contributed by atoms with Crippen LogP contribution >= 0.6 is 0 Å². The Labute approximate surface area is 88.5 Å². The normalized spacial score (nSPS) is 10.3. The number of carbonyl (C=O) groups is 1. The lowest BCUT2D eigenvalue weighted by Gasteiger charge is -1.98. The minimum atomic E-state index is -0.269. The highest BCUT2D eigenvalue weighted by Gasteiger charge is 1.96. The number of esters is 1. The Balaban J connectivity index is 2.59. The monoisotopic (exact) mass is 207 g/mol. The second kappa shape index (κ2) is 5.80. The van der Waals surface area contributed by atoms with E-state index < -0.39 is 0 Å². The number of ether oxygens (including phenoxy) is 2. The van der Waals surface area contributed by atoms with Crippen molar-refractivity contribution in [1.82, 2.24) is 4.98 Å². The molecular weight excluding hydrogens is 194 g/mol. The van der Waals surface area contributed by atoms with E-state index in [1.54, 1.807) is 25.3 Å². The summed E-state index contributed by atoms with van der Waals surface area (Å²) < 4.78 is 9.46. The smallest absolute Gasteiger partial charge is 0.309 e. The third-order valence-electron chi connectivity index (χ3n) is 1.76. The first-order valence-electron chi connectivity index (χ1n) is 4.50. The van der Waals surface area contributed by atoms with Gasteiger partial charge in [-0.05, 0) is 12.1 Å². The second-order valence-electron chi connectivity index (χ2n) is 2.79. The van der Waals surface area contributed by atoms with Gasteiger partial charge in [0.25, 0.3) is 0 Å². The van der Waals surface area contributed by atoms with Crippen LogP contribution in [0, 0.1) is 0 Å². The highest BCUT2D eigenvalue weighted by Crippen LogP contribution is 2.08. The molecular formula is C11H13NO3. The van der Waals surface area contributed by atoms with Gasteiger partial charge >= 0.3 is 5.97 Å². The van der Waals surface area contributed by atoms with Crippen LogP contribution in [0.25, 0.3) is 6.08 Å². The maximum atomic E-state index is 10.8. The summed E-state index contributed by atoms with van der Waals surface area (Å²) in [4.78, 5) is 15.0. The second-order valence-corrected chi connectivity index (χ2v) is 2.79. The van der Waals surface area contributed by atoms with Crippen molar-refractivity contribution in [3.05, 3.63) is 30.0 Å². The number of rotatable bonds is 4. The molecule has 0 unspecified atom stereocenters. The zero-order chi connectivity index (χ0) is 11.1. The molecule has 1 rings (SSSR count). The molecule has 80 valence electrons. The van der Waals surface area contributed by atoms with Crippen molar-refractivity contribution < 1.29 is 14.3 Å². The fourth-order valence-electron chi connectivity index (χ4n) is 0.997. The summed E-state index contributed by atoms with van der Waals surface area (Å²) in [6.45, 7) is 0. The Kier molecular flexibility index (Phi) is 4.34. The molecule has 1 aromatic rings. The van der Waals surface area contributed by atoms with Crippen LogP contribution in [0.3, 0.4) is 0 Å². The van der Waals surface area contributed by atoms with E-state index in [-0.39, 0.29) is 12.4 Å². The highest BCUT2D eigenvalue weighted by molar-refractivity contribution is 5.72. The molecule has 0 radical (unpaired) electrons. The van der Waals surface area contributed by atoms with Gasteiger partial charge in [-0.15, -0.1) is 0 Å². The van der Waals surface area contributed by atoms with E-state index in [2.05, 4.69) is 9.72 Å². The molecule has 0 fully saturated rings. The Morgan fingerprint density at radius 3 is 2.93 bits per heavy atom. The third kappa shape index (κ3) is 3.81. The number of aromatic nitrogens is 1. The van der Waals surface area contributed by atoms with E-state index in [0.29, 0.717) is 5.88 Å². The van der Waals surface area contributed by atoms with Gasteiger partial charge < -0.3 is 9.47 Å². The molecule has 0 aliphatic carbocycles. The fraction of sp³-hybridized carbons (Fsp3) is 0.273. The zero-order valence-corrected chi connectivity index (χ0v) is 8.77. The van der Waals surface area contributed by atoms with Crippen LogP contribution in [-0.2, 0) is 9.53 Å². The molecule has 4 heteroatoms. The largest absolute Gasteiger partial charge is 0.481 e. The SMILES string of the molecule is COC(=O)CC=Cc1cccc(OC)n1. The van der Waals surface area contributed by atoms with Gasteiger partial charge in [0.15, 0.2) is 0 Å². The Morgan fingerprint density at radius 2 is 2.27 bits per heavy atom. The molecule has 1 aromatic heterocycles. The Morgan fingerprint density at radius 1 is 1.47 bits per heavy atom. The minimum Gasteiger partial charge on any atom is -0.481 e. The Hall–Kier alpha value is -1.84. The first kappa shape index (κ1) is 11.2. The number of hydrogen-bond acceptors (Lipinski definition) is 4. The average Bonchev–Trinajstić information content (AvgIpc) is 2.29. The van der Waals surface area contributed by atoms with Crippen LogP contribution in [0.15, 0.2) is 24.3 Å². The van der Waals surface area contributed by atoms with E-state index in [0.717, 1.165) is 5.69 Å². The molecule has 0 spiro atoms. The number of nitrogens with zero attached hydrogens (tertiary/aromatic N) is 1. The molecule has 0 saturated carbocycles. The summed E-state index contributed by atoms with van der Waals surface area (Å²) >= 11 is 0. The number of methoxy groups -OCH3 is 2. The van der Waals surface area contributed by atoms with Gasteiger partial charge in [-0.2, -0.15) is 0 Å². The first-order chi connectivity index (χ1) is 7.26. The lowest BCUT2D eigenvalue weighted by Crippen LogP contribution is -1.96. The van der Waals surface area contributed by atoms with Crippen molar-refractivity contribution in [3.8, 4) is 5.88 Å². The molecule has 1 heterocycles. The van der Waals surface area contributed by atoms with Gasteiger partial charge in [0, 0.05) is 6.07 Å². The zero-order valence-electron chi connectivity index (χ0n) is 8.77. The molecule has 0 N–H and O–H groups in total. The standard InChI is InChI=1S/C11H13NO3/c1-14-10-7-3-5-9(12-10)6-4-8-11(13)15-2/h3-7H,8H2,1-2H3. The van der Waals surface area contributed by atoms with Crippen molar-refractivity contribution in [2.24, 2.45) is 0 Å². The molecule has 4 nitrogen and oxygen atoms in total. The topological polar surface area (TPSA) is 48.4 Å². The third-order valence-corrected chi connectivity index (χ3v) is 1.76. The van der Waals surface area contributed by atoms with Gasteiger partial charge in [0.2, 0.25) is 5.88 Å². The molecule has 0 atom stereocenters. The van der Waals surface area contributed by atoms with Crippen molar-refractivity contribution >= 4 is 12.0 Å². The quantitative estimate of drug-likeness (QED) is 0.704. The van der Waals surface area contributed by atoms with Gasteiger partial charge in [0.1, 0.15) is 0 Å². The van der Waals surface area contributed by atoms with Crippen molar-refractivity contribution in [1.29, 1.82) is 0 Å². The van der Waals surface area contributed by atoms with Crippen LogP contribution in [0.2, 0.25) is 0 Å². The van der Waals surface area contributed by atoms with Gasteiger partial charge in [-0.25, -0.2) is 4.98 Å². The molecule has 15 heavy (non-hydrogen) atoms. The molecule has 0 aliphatic rings. The number of pyridine rings is 1. The van der Waals surface area contributed by atoms with Gasteiger partial charge in [-0.3, -0.25) is 4.79 Å². The van der Waals surface area contributed by atoms with Gasteiger partial charge in [0.05, 0.1) is 26.3 Å². The highest BCUT2D eigenvalue weighted by atomic mass is 16.5. The summed E-state index contributed by atoms with van der Waals surface area (Å²) in [7, 11) is 2.92.